The number of phenols is 1. The highest BCUT2D eigenvalue weighted by molar-refractivity contribution is 5.80. The van der Waals surface area contributed by atoms with Gasteiger partial charge in [-0.1, -0.05) is 13.0 Å². The number of hydrogen-bond acceptors (Lipinski definition) is 4. The predicted octanol–water partition coefficient (Wildman–Crippen LogP) is 3.06. The molecule has 0 aliphatic rings. The molecule has 0 radical (unpaired) electrons. The SMILES string of the molecule is CCc1ccc(O)c(C(Nc2ccc(C#N)cc2)C(=O)O)c1. The number of nitrogens with zero attached hydrogens (tertiary/aromatic N) is 1. The number of anilines is 1. The highest BCUT2D eigenvalue weighted by Gasteiger charge is 2.23. The van der Waals surface area contributed by atoms with Gasteiger partial charge in [-0.05, 0) is 48.4 Å². The van der Waals surface area contributed by atoms with Crippen LogP contribution in [0, 0.1) is 11.3 Å². The van der Waals surface area contributed by atoms with Crippen molar-refractivity contribution in [2.24, 2.45) is 0 Å². The zero-order valence-electron chi connectivity index (χ0n) is 12.1. The molecule has 0 spiro atoms. The normalized spacial score (nSPS) is 11.5. The van der Waals surface area contributed by atoms with Crippen LogP contribution in [0.15, 0.2) is 42.5 Å². The zero-order chi connectivity index (χ0) is 16.1. The monoisotopic (exact) mass is 296 g/mol. The first-order chi connectivity index (χ1) is 10.5. The highest BCUT2D eigenvalue weighted by atomic mass is 16.4. The van der Waals surface area contributed by atoms with Crippen LogP contribution in [0.1, 0.15) is 29.7 Å². The zero-order valence-corrected chi connectivity index (χ0v) is 12.1. The maximum atomic E-state index is 11.6. The summed E-state index contributed by atoms with van der Waals surface area (Å²) in [6.45, 7) is 1.96. The van der Waals surface area contributed by atoms with Crippen LogP contribution in [-0.2, 0) is 11.2 Å². The van der Waals surface area contributed by atoms with Gasteiger partial charge in [-0.3, -0.25) is 0 Å². The molecule has 3 N–H and O–H groups in total. The Hall–Kier alpha value is -3.00. The van der Waals surface area contributed by atoms with E-state index < -0.39 is 12.0 Å². The lowest BCUT2D eigenvalue weighted by molar-refractivity contribution is -0.138. The summed E-state index contributed by atoms with van der Waals surface area (Å²) in [5, 5.41) is 31.1. The number of aliphatic carboxylic acids is 1. The van der Waals surface area contributed by atoms with Crippen molar-refractivity contribution in [2.75, 3.05) is 5.32 Å². The van der Waals surface area contributed by atoms with Crippen molar-refractivity contribution in [1.82, 2.24) is 0 Å². The van der Waals surface area contributed by atoms with Crippen molar-refractivity contribution in [2.45, 2.75) is 19.4 Å². The summed E-state index contributed by atoms with van der Waals surface area (Å²) in [5.74, 6) is -1.15. The topological polar surface area (TPSA) is 93.4 Å². The Balaban J connectivity index is 2.34. The lowest BCUT2D eigenvalue weighted by Gasteiger charge is -2.18. The van der Waals surface area contributed by atoms with E-state index in [-0.39, 0.29) is 5.75 Å². The summed E-state index contributed by atoms with van der Waals surface area (Å²) in [5.41, 5.74) is 2.32. The second-order valence-corrected chi connectivity index (χ2v) is 4.85. The number of carboxylic acid groups (broad SMARTS) is 1. The maximum Gasteiger partial charge on any atom is 0.330 e. The van der Waals surface area contributed by atoms with Crippen LogP contribution in [-0.4, -0.2) is 16.2 Å². The van der Waals surface area contributed by atoms with Crippen molar-refractivity contribution >= 4 is 11.7 Å². The second-order valence-electron chi connectivity index (χ2n) is 4.85. The van der Waals surface area contributed by atoms with E-state index in [4.69, 9.17) is 5.26 Å². The number of nitriles is 1. The summed E-state index contributed by atoms with van der Waals surface area (Å²) in [6, 6.07) is 12.4. The predicted molar refractivity (Wildman–Crippen MR) is 82.6 cm³/mol. The third-order valence-corrected chi connectivity index (χ3v) is 3.38. The van der Waals surface area contributed by atoms with Crippen LogP contribution >= 0.6 is 0 Å². The van der Waals surface area contributed by atoms with Crippen molar-refractivity contribution in [3.05, 3.63) is 59.2 Å². The third-order valence-electron chi connectivity index (χ3n) is 3.38. The number of aryl methyl sites for hydroxylation is 1. The minimum absolute atomic E-state index is 0.0641. The average Bonchev–Trinajstić information content (AvgIpc) is 2.53. The van der Waals surface area contributed by atoms with Crippen LogP contribution in [0.5, 0.6) is 5.75 Å². The van der Waals surface area contributed by atoms with Crippen molar-refractivity contribution in [1.29, 1.82) is 5.26 Å². The molecule has 5 nitrogen and oxygen atoms in total. The van der Waals surface area contributed by atoms with Gasteiger partial charge in [0.25, 0.3) is 0 Å². The lowest BCUT2D eigenvalue weighted by atomic mass is 10.0. The number of nitrogens with one attached hydrogen (secondary N) is 1. The van der Waals surface area contributed by atoms with E-state index in [0.29, 0.717) is 16.8 Å². The van der Waals surface area contributed by atoms with E-state index in [1.165, 1.54) is 6.07 Å². The number of rotatable bonds is 5. The van der Waals surface area contributed by atoms with E-state index in [1.54, 1.807) is 36.4 Å². The molecule has 1 atom stereocenters. The Kier molecular flexibility index (Phi) is 4.64. The van der Waals surface area contributed by atoms with Crippen LogP contribution < -0.4 is 5.32 Å². The first-order valence-electron chi connectivity index (χ1n) is 6.86. The summed E-state index contributed by atoms with van der Waals surface area (Å²) >= 11 is 0. The largest absolute Gasteiger partial charge is 0.508 e. The molecule has 0 aliphatic heterocycles. The fourth-order valence-electron chi connectivity index (χ4n) is 2.14. The summed E-state index contributed by atoms with van der Waals surface area (Å²) in [6.07, 6.45) is 0.747. The van der Waals surface area contributed by atoms with Crippen LogP contribution in [0.25, 0.3) is 0 Å². The number of hydrogen-bond donors (Lipinski definition) is 3. The van der Waals surface area contributed by atoms with Crippen molar-refractivity contribution < 1.29 is 15.0 Å². The lowest BCUT2D eigenvalue weighted by Crippen LogP contribution is -2.20. The molecule has 112 valence electrons. The molecule has 0 bridgehead atoms. The minimum atomic E-state index is -1.09. The summed E-state index contributed by atoms with van der Waals surface area (Å²) in [4.78, 5) is 11.6. The fourth-order valence-corrected chi connectivity index (χ4v) is 2.14. The first kappa shape index (κ1) is 15.4. The number of phenolic OH excluding ortho intramolecular Hbond substituents is 1. The summed E-state index contributed by atoms with van der Waals surface area (Å²) < 4.78 is 0. The number of carboxylic acids is 1. The molecule has 0 saturated carbocycles. The molecule has 0 aromatic heterocycles. The van der Waals surface area contributed by atoms with E-state index in [2.05, 4.69) is 5.32 Å². The van der Waals surface area contributed by atoms with Gasteiger partial charge in [0.2, 0.25) is 0 Å². The molecule has 2 rings (SSSR count). The van der Waals surface area contributed by atoms with E-state index in [0.717, 1.165) is 12.0 Å². The third kappa shape index (κ3) is 3.36. The minimum Gasteiger partial charge on any atom is -0.508 e. The molecule has 0 heterocycles. The maximum absolute atomic E-state index is 11.6. The van der Waals surface area contributed by atoms with E-state index >= 15 is 0 Å². The quantitative estimate of drug-likeness (QED) is 0.788. The highest BCUT2D eigenvalue weighted by Crippen LogP contribution is 2.29. The van der Waals surface area contributed by atoms with Gasteiger partial charge in [0, 0.05) is 11.3 Å². The number of aromatic hydroxyl groups is 1. The fraction of sp³-hybridized carbons (Fsp3) is 0.176. The Bertz CT molecular complexity index is 718. The standard InChI is InChI=1S/C17H16N2O3/c1-2-11-5-8-15(20)14(9-11)16(17(21)22)19-13-6-3-12(10-18)4-7-13/h3-9,16,19-20H,2H2,1H3,(H,21,22). The van der Waals surface area contributed by atoms with Crippen LogP contribution in [0.2, 0.25) is 0 Å². The van der Waals surface area contributed by atoms with Gasteiger partial charge in [-0.15, -0.1) is 0 Å². The van der Waals surface area contributed by atoms with Gasteiger partial charge in [0.05, 0.1) is 11.6 Å². The van der Waals surface area contributed by atoms with Crippen LogP contribution in [0.3, 0.4) is 0 Å². The van der Waals surface area contributed by atoms with Gasteiger partial charge in [0.1, 0.15) is 5.75 Å². The Morgan fingerprint density at radius 1 is 1.27 bits per heavy atom. The smallest absolute Gasteiger partial charge is 0.330 e. The molecule has 22 heavy (non-hydrogen) atoms. The Morgan fingerprint density at radius 3 is 2.50 bits per heavy atom. The molecule has 0 aliphatic carbocycles. The Morgan fingerprint density at radius 2 is 1.95 bits per heavy atom. The molecular weight excluding hydrogens is 280 g/mol. The van der Waals surface area contributed by atoms with Gasteiger partial charge in [-0.2, -0.15) is 5.26 Å². The summed E-state index contributed by atoms with van der Waals surface area (Å²) in [7, 11) is 0. The van der Waals surface area contributed by atoms with E-state index in [1.807, 2.05) is 13.0 Å². The van der Waals surface area contributed by atoms with Gasteiger partial charge in [0.15, 0.2) is 6.04 Å². The molecular formula is C17H16N2O3. The van der Waals surface area contributed by atoms with Crippen LogP contribution in [0.4, 0.5) is 5.69 Å². The van der Waals surface area contributed by atoms with Gasteiger partial charge < -0.3 is 15.5 Å². The molecule has 5 heteroatoms. The molecule has 0 saturated heterocycles. The number of carbonyl (C=O) groups is 1. The second kappa shape index (κ2) is 6.64. The van der Waals surface area contributed by atoms with Gasteiger partial charge in [-0.25, -0.2) is 4.79 Å². The molecule has 1 unspecified atom stereocenters. The molecule has 2 aromatic carbocycles. The Labute approximate surface area is 128 Å². The average molecular weight is 296 g/mol. The first-order valence-corrected chi connectivity index (χ1v) is 6.86. The molecule has 0 amide bonds. The van der Waals surface area contributed by atoms with Crippen molar-refractivity contribution in [3.8, 4) is 11.8 Å². The molecule has 0 fully saturated rings. The van der Waals surface area contributed by atoms with E-state index in [9.17, 15) is 15.0 Å². The number of benzene rings is 2. The molecule has 2 aromatic rings. The van der Waals surface area contributed by atoms with Gasteiger partial charge >= 0.3 is 5.97 Å². The van der Waals surface area contributed by atoms with Crippen molar-refractivity contribution in [3.63, 3.8) is 0 Å².